The zero-order valence-corrected chi connectivity index (χ0v) is 14.8. The van der Waals surface area contributed by atoms with Gasteiger partial charge in [0.2, 0.25) is 10.0 Å². The Bertz CT molecular complexity index is 881. The lowest BCUT2D eigenvalue weighted by molar-refractivity contribution is 0.102. The van der Waals surface area contributed by atoms with Crippen LogP contribution < -0.4 is 5.32 Å². The minimum absolute atomic E-state index is 0.0682. The minimum Gasteiger partial charge on any atom is -0.322 e. The van der Waals surface area contributed by atoms with Crippen molar-refractivity contribution in [3.8, 4) is 0 Å². The molecule has 2 rings (SSSR count). The van der Waals surface area contributed by atoms with Crippen LogP contribution >= 0.6 is 0 Å². The van der Waals surface area contributed by atoms with E-state index in [-0.39, 0.29) is 16.6 Å². The summed E-state index contributed by atoms with van der Waals surface area (Å²) in [4.78, 5) is 12.1. The number of carbonyl (C=O) groups is 1. The van der Waals surface area contributed by atoms with E-state index in [1.54, 1.807) is 13.8 Å². The Morgan fingerprint density at radius 2 is 1.68 bits per heavy atom. The second-order valence-corrected chi connectivity index (χ2v) is 7.69. The van der Waals surface area contributed by atoms with Crippen molar-refractivity contribution >= 4 is 21.6 Å². The van der Waals surface area contributed by atoms with Gasteiger partial charge in [-0.1, -0.05) is 6.07 Å². The molecule has 0 bridgehead atoms. The Kier molecular flexibility index (Phi) is 5.54. The van der Waals surface area contributed by atoms with Crippen LogP contribution in [0.4, 0.5) is 14.5 Å². The lowest BCUT2D eigenvalue weighted by atomic mass is 10.2. The normalized spacial score (nSPS) is 11.8. The average molecular weight is 368 g/mol. The highest BCUT2D eigenvalue weighted by molar-refractivity contribution is 7.89. The molecule has 8 heteroatoms. The van der Waals surface area contributed by atoms with Gasteiger partial charge in [-0.05, 0) is 50.2 Å². The maximum atomic E-state index is 13.6. The summed E-state index contributed by atoms with van der Waals surface area (Å²) in [6, 6.07) is 8.54. The van der Waals surface area contributed by atoms with Crippen molar-refractivity contribution in [2.45, 2.75) is 24.8 Å². The van der Waals surface area contributed by atoms with Gasteiger partial charge in [0.05, 0.1) is 10.5 Å². The molecule has 1 amide bonds. The molecule has 0 aromatic heterocycles. The monoisotopic (exact) mass is 368 g/mol. The Hall–Kier alpha value is -2.32. The highest BCUT2D eigenvalue weighted by Crippen LogP contribution is 2.20. The van der Waals surface area contributed by atoms with Crippen molar-refractivity contribution in [2.24, 2.45) is 0 Å². The fourth-order valence-corrected chi connectivity index (χ4v) is 3.40. The zero-order chi connectivity index (χ0) is 18.8. The molecule has 0 aliphatic carbocycles. The first kappa shape index (κ1) is 19.0. The summed E-state index contributed by atoms with van der Waals surface area (Å²) in [5.41, 5.74) is -0.170. The van der Waals surface area contributed by atoms with Gasteiger partial charge in [-0.25, -0.2) is 17.2 Å². The van der Waals surface area contributed by atoms with Gasteiger partial charge in [-0.3, -0.25) is 4.79 Å². The highest BCUT2D eigenvalue weighted by atomic mass is 32.2. The van der Waals surface area contributed by atoms with Gasteiger partial charge in [0, 0.05) is 18.8 Å². The SMILES string of the molecule is CC(C)N(C)S(=O)(=O)c1ccc(NC(=O)c2cccc(F)c2F)cc1. The number of nitrogens with zero attached hydrogens (tertiary/aromatic N) is 1. The molecule has 0 aliphatic heterocycles. The van der Waals surface area contributed by atoms with Gasteiger partial charge in [0.1, 0.15) is 0 Å². The third-order valence-corrected chi connectivity index (χ3v) is 5.76. The van der Waals surface area contributed by atoms with Crippen molar-refractivity contribution in [1.82, 2.24) is 4.31 Å². The highest BCUT2D eigenvalue weighted by Gasteiger charge is 2.23. The van der Waals surface area contributed by atoms with Crippen molar-refractivity contribution in [1.29, 1.82) is 0 Å². The fourth-order valence-electron chi connectivity index (χ4n) is 2.03. The standard InChI is InChI=1S/C17H18F2N2O3S/c1-11(2)21(3)25(23,24)13-9-7-12(8-10-13)20-17(22)14-5-4-6-15(18)16(14)19/h4-11H,1-3H3,(H,20,22). The van der Waals surface area contributed by atoms with Gasteiger partial charge in [0.15, 0.2) is 11.6 Å². The van der Waals surface area contributed by atoms with Gasteiger partial charge < -0.3 is 5.32 Å². The molecule has 0 saturated carbocycles. The van der Waals surface area contributed by atoms with E-state index in [0.29, 0.717) is 0 Å². The molecule has 0 aliphatic rings. The molecular weight excluding hydrogens is 350 g/mol. The van der Waals surface area contributed by atoms with E-state index >= 15 is 0 Å². The first-order valence-corrected chi connectivity index (χ1v) is 8.92. The van der Waals surface area contributed by atoms with Crippen LogP contribution in [0.25, 0.3) is 0 Å². The van der Waals surface area contributed by atoms with Crippen LogP contribution in [0.5, 0.6) is 0 Å². The van der Waals surface area contributed by atoms with E-state index in [4.69, 9.17) is 0 Å². The van der Waals surface area contributed by atoms with E-state index in [0.717, 1.165) is 12.1 Å². The molecule has 0 atom stereocenters. The number of halogens is 2. The largest absolute Gasteiger partial charge is 0.322 e. The van der Waals surface area contributed by atoms with Crippen LogP contribution in [0.15, 0.2) is 47.4 Å². The number of hydrogen-bond acceptors (Lipinski definition) is 3. The second kappa shape index (κ2) is 7.28. The Labute approximate surface area is 145 Å². The molecule has 2 aromatic rings. The fraction of sp³-hybridized carbons (Fsp3) is 0.235. The number of carbonyl (C=O) groups excluding carboxylic acids is 1. The third-order valence-electron chi connectivity index (χ3n) is 3.71. The second-order valence-electron chi connectivity index (χ2n) is 5.69. The maximum absolute atomic E-state index is 13.6. The number of amides is 1. The van der Waals surface area contributed by atoms with Crippen LogP contribution in [0, 0.1) is 11.6 Å². The number of hydrogen-bond donors (Lipinski definition) is 1. The number of anilines is 1. The van der Waals surface area contributed by atoms with Gasteiger partial charge >= 0.3 is 0 Å². The zero-order valence-electron chi connectivity index (χ0n) is 14.0. The topological polar surface area (TPSA) is 66.5 Å². The molecular formula is C17H18F2N2O3S. The van der Waals surface area contributed by atoms with Crippen molar-refractivity contribution in [3.63, 3.8) is 0 Å². The maximum Gasteiger partial charge on any atom is 0.258 e. The summed E-state index contributed by atoms with van der Waals surface area (Å²) in [6.45, 7) is 3.50. The molecule has 0 heterocycles. The van der Waals surface area contributed by atoms with Crippen molar-refractivity contribution in [3.05, 3.63) is 59.7 Å². The van der Waals surface area contributed by atoms with Crippen LogP contribution in [-0.4, -0.2) is 31.7 Å². The summed E-state index contributed by atoms with van der Waals surface area (Å²) in [6.07, 6.45) is 0. The summed E-state index contributed by atoms with van der Waals surface area (Å²) in [7, 11) is -2.16. The van der Waals surface area contributed by atoms with Crippen molar-refractivity contribution in [2.75, 3.05) is 12.4 Å². The van der Waals surface area contributed by atoms with E-state index in [9.17, 15) is 22.0 Å². The molecule has 5 nitrogen and oxygen atoms in total. The first-order valence-electron chi connectivity index (χ1n) is 7.48. The van der Waals surface area contributed by atoms with E-state index in [1.807, 2.05) is 0 Å². The average Bonchev–Trinajstić information content (AvgIpc) is 2.56. The van der Waals surface area contributed by atoms with Crippen molar-refractivity contribution < 1.29 is 22.0 Å². The van der Waals surface area contributed by atoms with Gasteiger partial charge in [0.25, 0.3) is 5.91 Å². The Balaban J connectivity index is 2.21. The smallest absolute Gasteiger partial charge is 0.258 e. The summed E-state index contributed by atoms with van der Waals surface area (Å²) in [5.74, 6) is -3.18. The van der Waals surface area contributed by atoms with Gasteiger partial charge in [-0.2, -0.15) is 4.31 Å². The number of benzene rings is 2. The van der Waals surface area contributed by atoms with Crippen LogP contribution in [0.3, 0.4) is 0 Å². The summed E-state index contributed by atoms with van der Waals surface area (Å²) >= 11 is 0. The third kappa shape index (κ3) is 4.02. The molecule has 0 saturated heterocycles. The predicted molar refractivity (Wildman–Crippen MR) is 90.8 cm³/mol. The molecule has 0 unspecified atom stereocenters. The minimum atomic E-state index is -3.64. The molecule has 134 valence electrons. The number of nitrogens with one attached hydrogen (secondary N) is 1. The lowest BCUT2D eigenvalue weighted by Gasteiger charge is -2.21. The molecule has 2 aromatic carbocycles. The molecule has 0 radical (unpaired) electrons. The molecule has 0 fully saturated rings. The first-order chi connectivity index (χ1) is 11.6. The summed E-state index contributed by atoms with van der Waals surface area (Å²) < 4.78 is 52.7. The van der Waals surface area contributed by atoms with E-state index in [2.05, 4.69) is 5.32 Å². The Morgan fingerprint density at radius 3 is 2.24 bits per heavy atom. The summed E-state index contributed by atoms with van der Waals surface area (Å²) in [5, 5.41) is 2.40. The lowest BCUT2D eigenvalue weighted by Crippen LogP contribution is -2.33. The van der Waals surface area contributed by atoms with Crippen LogP contribution in [0.1, 0.15) is 24.2 Å². The van der Waals surface area contributed by atoms with Gasteiger partial charge in [-0.15, -0.1) is 0 Å². The molecule has 1 N–H and O–H groups in total. The van der Waals surface area contributed by atoms with E-state index in [1.165, 1.54) is 41.7 Å². The predicted octanol–water partition coefficient (Wildman–Crippen LogP) is 3.25. The molecule has 0 spiro atoms. The van der Waals surface area contributed by atoms with E-state index < -0.39 is 33.1 Å². The van der Waals surface area contributed by atoms with Crippen LogP contribution in [0.2, 0.25) is 0 Å². The number of rotatable bonds is 5. The molecule has 25 heavy (non-hydrogen) atoms. The number of sulfonamides is 1. The quantitative estimate of drug-likeness (QED) is 0.881. The van der Waals surface area contributed by atoms with Crippen LogP contribution in [-0.2, 0) is 10.0 Å². The Morgan fingerprint density at radius 1 is 1.08 bits per heavy atom.